The Morgan fingerprint density at radius 2 is 2.16 bits per heavy atom. The summed E-state index contributed by atoms with van der Waals surface area (Å²) in [7, 11) is 4.11. The van der Waals surface area contributed by atoms with Crippen molar-refractivity contribution in [2.75, 3.05) is 20.7 Å². The normalized spacial score (nSPS) is 31.3. The fourth-order valence-corrected chi connectivity index (χ4v) is 5.98. The SMILES string of the molecule is COc1cc2c(cc1-n1cccn1)C[C@H]1C3CCCC[C@@]23CCN1C. The van der Waals surface area contributed by atoms with Crippen molar-refractivity contribution < 1.29 is 4.74 Å². The highest BCUT2D eigenvalue weighted by Gasteiger charge is 2.53. The van der Waals surface area contributed by atoms with Gasteiger partial charge in [0.2, 0.25) is 0 Å². The Balaban J connectivity index is 1.70. The zero-order chi connectivity index (χ0) is 17.0. The molecule has 2 aliphatic carbocycles. The van der Waals surface area contributed by atoms with Crippen molar-refractivity contribution in [1.82, 2.24) is 14.7 Å². The number of hydrogen-bond acceptors (Lipinski definition) is 3. The average Bonchev–Trinajstić information content (AvgIpc) is 3.18. The molecule has 3 atom stereocenters. The zero-order valence-electron chi connectivity index (χ0n) is 15.2. The summed E-state index contributed by atoms with van der Waals surface area (Å²) in [5.41, 5.74) is 4.53. The van der Waals surface area contributed by atoms with Crippen molar-refractivity contribution >= 4 is 0 Å². The molecule has 4 nitrogen and oxygen atoms in total. The second-order valence-electron chi connectivity index (χ2n) is 8.14. The van der Waals surface area contributed by atoms with Crippen LogP contribution in [-0.2, 0) is 11.8 Å². The van der Waals surface area contributed by atoms with E-state index in [0.717, 1.165) is 23.8 Å². The van der Waals surface area contributed by atoms with E-state index < -0.39 is 0 Å². The number of methoxy groups -OCH3 is 1. The second-order valence-corrected chi connectivity index (χ2v) is 8.14. The lowest BCUT2D eigenvalue weighted by atomic mass is 9.52. The third kappa shape index (κ3) is 2.13. The van der Waals surface area contributed by atoms with Crippen LogP contribution in [0.3, 0.4) is 0 Å². The molecule has 2 bridgehead atoms. The van der Waals surface area contributed by atoms with Crippen molar-refractivity contribution in [1.29, 1.82) is 0 Å². The third-order valence-electron chi connectivity index (χ3n) is 7.16. The Kier molecular flexibility index (Phi) is 3.46. The molecule has 0 amide bonds. The minimum absolute atomic E-state index is 0.374. The van der Waals surface area contributed by atoms with Crippen LogP contribution in [0.4, 0.5) is 0 Å². The zero-order valence-corrected chi connectivity index (χ0v) is 15.2. The summed E-state index contributed by atoms with van der Waals surface area (Å²) in [6.45, 7) is 1.23. The highest BCUT2D eigenvalue weighted by Crippen LogP contribution is 2.56. The van der Waals surface area contributed by atoms with Crippen LogP contribution in [0.5, 0.6) is 5.75 Å². The van der Waals surface area contributed by atoms with Gasteiger partial charge >= 0.3 is 0 Å². The topological polar surface area (TPSA) is 30.3 Å². The van der Waals surface area contributed by atoms with Gasteiger partial charge in [0.1, 0.15) is 11.4 Å². The number of benzene rings is 1. The van der Waals surface area contributed by atoms with Crippen LogP contribution in [0.15, 0.2) is 30.6 Å². The first-order chi connectivity index (χ1) is 12.2. The predicted molar refractivity (Wildman–Crippen MR) is 98.5 cm³/mol. The molecule has 25 heavy (non-hydrogen) atoms. The smallest absolute Gasteiger partial charge is 0.144 e. The van der Waals surface area contributed by atoms with E-state index in [4.69, 9.17) is 4.74 Å². The van der Waals surface area contributed by atoms with Crippen LogP contribution in [-0.4, -0.2) is 41.4 Å². The second kappa shape index (κ2) is 5.60. The number of aromatic nitrogens is 2. The van der Waals surface area contributed by atoms with Gasteiger partial charge in [0, 0.05) is 23.9 Å². The molecule has 3 aliphatic rings. The summed E-state index contributed by atoms with van der Waals surface area (Å²) in [5, 5.41) is 4.44. The summed E-state index contributed by atoms with van der Waals surface area (Å²) in [6, 6.07) is 7.36. The van der Waals surface area contributed by atoms with E-state index in [9.17, 15) is 0 Å². The molecule has 1 aliphatic heterocycles. The Morgan fingerprint density at radius 1 is 1.24 bits per heavy atom. The molecule has 1 saturated carbocycles. The quantitative estimate of drug-likeness (QED) is 0.839. The number of nitrogens with zero attached hydrogens (tertiary/aromatic N) is 3. The molecule has 132 valence electrons. The fraction of sp³-hybridized carbons (Fsp3) is 0.571. The lowest BCUT2D eigenvalue weighted by Gasteiger charge is -2.58. The van der Waals surface area contributed by atoms with E-state index >= 15 is 0 Å². The number of rotatable bonds is 2. The molecule has 1 aromatic carbocycles. The van der Waals surface area contributed by atoms with Crippen LogP contribution in [0.25, 0.3) is 5.69 Å². The van der Waals surface area contributed by atoms with E-state index in [1.165, 1.54) is 44.2 Å². The fourth-order valence-electron chi connectivity index (χ4n) is 5.98. The van der Waals surface area contributed by atoms with Crippen molar-refractivity contribution in [3.8, 4) is 11.4 Å². The van der Waals surface area contributed by atoms with E-state index in [0.29, 0.717) is 11.5 Å². The van der Waals surface area contributed by atoms with Gasteiger partial charge < -0.3 is 9.64 Å². The largest absolute Gasteiger partial charge is 0.494 e. The van der Waals surface area contributed by atoms with Crippen LogP contribution in [0.1, 0.15) is 43.2 Å². The number of hydrogen-bond donors (Lipinski definition) is 0. The maximum atomic E-state index is 5.80. The van der Waals surface area contributed by atoms with E-state index in [-0.39, 0.29) is 0 Å². The Labute approximate surface area is 149 Å². The highest BCUT2D eigenvalue weighted by molar-refractivity contribution is 5.56. The Morgan fingerprint density at radius 3 is 2.96 bits per heavy atom. The van der Waals surface area contributed by atoms with Crippen molar-refractivity contribution in [3.05, 3.63) is 41.7 Å². The van der Waals surface area contributed by atoms with Gasteiger partial charge in [-0.15, -0.1) is 0 Å². The van der Waals surface area contributed by atoms with Gasteiger partial charge in [0.25, 0.3) is 0 Å². The summed E-state index contributed by atoms with van der Waals surface area (Å²) >= 11 is 0. The van der Waals surface area contributed by atoms with Crippen molar-refractivity contribution in [2.45, 2.75) is 50.0 Å². The molecule has 0 spiro atoms. The van der Waals surface area contributed by atoms with E-state index in [1.54, 1.807) is 12.7 Å². The predicted octanol–water partition coefficient (Wildman–Crippen LogP) is 3.57. The molecule has 2 heterocycles. The number of fused-ring (bicyclic) bond motifs is 1. The third-order valence-corrected chi connectivity index (χ3v) is 7.16. The van der Waals surface area contributed by atoms with Gasteiger partial charge in [-0.2, -0.15) is 5.10 Å². The van der Waals surface area contributed by atoms with Crippen LogP contribution < -0.4 is 4.74 Å². The van der Waals surface area contributed by atoms with Gasteiger partial charge in [0.15, 0.2) is 0 Å². The molecule has 5 rings (SSSR count). The van der Waals surface area contributed by atoms with Crippen LogP contribution in [0, 0.1) is 5.92 Å². The molecule has 1 saturated heterocycles. The Bertz CT molecular complexity index is 785. The first-order valence-corrected chi connectivity index (χ1v) is 9.64. The lowest BCUT2D eigenvalue weighted by molar-refractivity contribution is 0.00273. The van der Waals surface area contributed by atoms with E-state index in [1.807, 2.05) is 23.1 Å². The number of ether oxygens (including phenoxy) is 1. The molecule has 1 unspecified atom stereocenters. The first-order valence-electron chi connectivity index (χ1n) is 9.64. The summed E-state index contributed by atoms with van der Waals surface area (Å²) in [6.07, 6.45) is 11.8. The summed E-state index contributed by atoms with van der Waals surface area (Å²) in [5.74, 6) is 1.77. The maximum absolute atomic E-state index is 5.80. The number of likely N-dealkylation sites (tertiary alicyclic amines) is 1. The molecule has 1 aromatic heterocycles. The molecular formula is C21H27N3O. The average molecular weight is 337 g/mol. The van der Waals surface area contributed by atoms with Gasteiger partial charge in [-0.05, 0) is 74.5 Å². The molecule has 2 fully saturated rings. The van der Waals surface area contributed by atoms with Gasteiger partial charge in [-0.3, -0.25) is 0 Å². The highest BCUT2D eigenvalue weighted by atomic mass is 16.5. The molecule has 0 N–H and O–H groups in total. The van der Waals surface area contributed by atoms with Crippen LogP contribution in [0.2, 0.25) is 0 Å². The monoisotopic (exact) mass is 337 g/mol. The van der Waals surface area contributed by atoms with Gasteiger partial charge in [-0.25, -0.2) is 4.68 Å². The minimum Gasteiger partial charge on any atom is -0.494 e. The Hall–Kier alpha value is -1.81. The first kappa shape index (κ1) is 15.4. The molecule has 4 heteroatoms. The minimum atomic E-state index is 0.374. The molecule has 0 radical (unpaired) electrons. The molecule has 2 aromatic rings. The van der Waals surface area contributed by atoms with Crippen LogP contribution >= 0.6 is 0 Å². The number of piperidine rings is 1. The molecular weight excluding hydrogens is 310 g/mol. The van der Waals surface area contributed by atoms with Crippen molar-refractivity contribution in [2.24, 2.45) is 5.92 Å². The maximum Gasteiger partial charge on any atom is 0.144 e. The van der Waals surface area contributed by atoms with E-state index in [2.05, 4.69) is 29.2 Å². The summed E-state index contributed by atoms with van der Waals surface area (Å²) < 4.78 is 7.73. The lowest BCUT2D eigenvalue weighted by Crippen LogP contribution is -2.59. The number of likely N-dealkylation sites (N-methyl/N-ethyl adjacent to an activating group) is 1. The van der Waals surface area contributed by atoms with Gasteiger partial charge in [-0.1, -0.05) is 12.8 Å². The summed E-state index contributed by atoms with van der Waals surface area (Å²) in [4.78, 5) is 2.62. The van der Waals surface area contributed by atoms with Crippen molar-refractivity contribution in [3.63, 3.8) is 0 Å². The van der Waals surface area contributed by atoms with Gasteiger partial charge in [0.05, 0.1) is 7.11 Å². The standard InChI is InChI=1S/C21H27N3O/c1-23-11-8-21-7-4-3-6-16(21)18(23)12-15-13-19(24-10-5-9-22-24)20(25-2)14-17(15)21/h5,9-10,13-14,16,18H,3-4,6-8,11-12H2,1-2H3/t16?,18-,21-/m0/s1.